The first-order valence-electron chi connectivity index (χ1n) is 10.5. The lowest BCUT2D eigenvalue weighted by atomic mass is 9.99. The van der Waals surface area contributed by atoms with Crippen molar-refractivity contribution in [2.45, 2.75) is 109 Å². The summed E-state index contributed by atoms with van der Waals surface area (Å²) < 4.78 is 15.8. The molecule has 1 aliphatic rings. The number of ether oxygens (including phenoxy) is 3. The van der Waals surface area contributed by atoms with Crippen molar-refractivity contribution in [1.82, 2.24) is 0 Å². The molecule has 1 fully saturated rings. The van der Waals surface area contributed by atoms with Gasteiger partial charge < -0.3 is 29.5 Å². The van der Waals surface area contributed by atoms with Crippen LogP contribution < -0.4 is 0 Å². The Morgan fingerprint density at radius 1 is 0.852 bits per heavy atom. The quantitative estimate of drug-likeness (QED) is 0.309. The van der Waals surface area contributed by atoms with Crippen LogP contribution in [-0.4, -0.2) is 65.2 Å². The Hall–Kier alpha value is -0.730. The maximum absolute atomic E-state index is 11.9. The molecule has 1 rings (SSSR count). The molecule has 1 heterocycles. The highest BCUT2D eigenvalue weighted by Gasteiger charge is 2.44. The van der Waals surface area contributed by atoms with Gasteiger partial charge >= 0.3 is 5.97 Å². The molecule has 0 radical (unpaired) electrons. The van der Waals surface area contributed by atoms with Crippen molar-refractivity contribution < 1.29 is 34.3 Å². The molecule has 0 bridgehead atoms. The van der Waals surface area contributed by atoms with Gasteiger partial charge in [-0.25, -0.2) is 0 Å². The predicted molar refractivity (Wildman–Crippen MR) is 101 cm³/mol. The van der Waals surface area contributed by atoms with Gasteiger partial charge in [0.05, 0.1) is 0 Å². The van der Waals surface area contributed by atoms with E-state index in [1.54, 1.807) is 6.92 Å². The number of hydrogen-bond donors (Lipinski definition) is 3. The fraction of sp³-hybridized carbons (Fsp3) is 0.950. The van der Waals surface area contributed by atoms with E-state index >= 15 is 0 Å². The molecule has 27 heavy (non-hydrogen) atoms. The minimum atomic E-state index is -1.41. The molecule has 160 valence electrons. The van der Waals surface area contributed by atoms with Gasteiger partial charge in [0.2, 0.25) is 0 Å². The number of aliphatic hydroxyl groups is 3. The summed E-state index contributed by atoms with van der Waals surface area (Å²) in [5.41, 5.74) is 0. The van der Waals surface area contributed by atoms with Crippen molar-refractivity contribution in [3.05, 3.63) is 0 Å². The lowest BCUT2D eigenvalue weighted by molar-refractivity contribution is -0.300. The van der Waals surface area contributed by atoms with Gasteiger partial charge in [-0.2, -0.15) is 0 Å². The predicted octanol–water partition coefficient (Wildman–Crippen LogP) is 2.29. The number of unbranched alkanes of at least 4 members (excludes halogenated alkanes) is 8. The molecule has 0 aromatic rings. The Kier molecular flexibility index (Phi) is 12.9. The third-order valence-corrected chi connectivity index (χ3v) is 4.89. The standard InChI is InChI=1S/C20H38O7/c1-3-5-6-7-8-9-10-11-12-13-16(21)26-14-15-17(22)18(23)19(24)20(27-15)25-4-2/h15,17-20,22-24H,3-14H2,1-2H3/t15-,17-,18+,19-,20?/m1/s1. The first-order chi connectivity index (χ1) is 13.0. The molecule has 0 aromatic carbocycles. The zero-order valence-electron chi connectivity index (χ0n) is 16.8. The fourth-order valence-corrected chi connectivity index (χ4v) is 3.18. The Morgan fingerprint density at radius 3 is 2.04 bits per heavy atom. The second kappa shape index (κ2) is 14.3. The average molecular weight is 391 g/mol. The van der Waals surface area contributed by atoms with E-state index in [4.69, 9.17) is 14.2 Å². The lowest BCUT2D eigenvalue weighted by Crippen LogP contribution is -2.59. The molecular weight excluding hydrogens is 352 g/mol. The average Bonchev–Trinajstić information content (AvgIpc) is 2.66. The lowest BCUT2D eigenvalue weighted by Gasteiger charge is -2.39. The largest absolute Gasteiger partial charge is 0.463 e. The van der Waals surface area contributed by atoms with Crippen molar-refractivity contribution in [2.24, 2.45) is 0 Å². The Morgan fingerprint density at radius 2 is 1.44 bits per heavy atom. The van der Waals surface area contributed by atoms with E-state index in [9.17, 15) is 20.1 Å². The van der Waals surface area contributed by atoms with Crippen LogP contribution in [-0.2, 0) is 19.0 Å². The van der Waals surface area contributed by atoms with E-state index in [-0.39, 0.29) is 19.2 Å². The van der Waals surface area contributed by atoms with Crippen LogP contribution in [0.4, 0.5) is 0 Å². The van der Waals surface area contributed by atoms with Crippen molar-refractivity contribution >= 4 is 5.97 Å². The van der Waals surface area contributed by atoms with Crippen molar-refractivity contribution in [1.29, 1.82) is 0 Å². The van der Waals surface area contributed by atoms with Crippen molar-refractivity contribution in [3.63, 3.8) is 0 Å². The summed E-state index contributed by atoms with van der Waals surface area (Å²) in [5.74, 6) is -0.345. The smallest absolute Gasteiger partial charge is 0.305 e. The number of aliphatic hydroxyl groups excluding tert-OH is 3. The fourth-order valence-electron chi connectivity index (χ4n) is 3.18. The summed E-state index contributed by atoms with van der Waals surface area (Å²) in [6, 6.07) is 0. The Balaban J connectivity index is 2.14. The molecule has 3 N–H and O–H groups in total. The summed E-state index contributed by atoms with van der Waals surface area (Å²) in [7, 11) is 0. The van der Waals surface area contributed by atoms with Gasteiger partial charge in [0.25, 0.3) is 0 Å². The van der Waals surface area contributed by atoms with Crippen LogP contribution in [0.2, 0.25) is 0 Å². The van der Waals surface area contributed by atoms with Crippen LogP contribution in [0.5, 0.6) is 0 Å². The minimum Gasteiger partial charge on any atom is -0.463 e. The minimum absolute atomic E-state index is 0.176. The monoisotopic (exact) mass is 390 g/mol. The van der Waals surface area contributed by atoms with Crippen LogP contribution in [0, 0.1) is 0 Å². The van der Waals surface area contributed by atoms with E-state index in [1.807, 2.05) is 0 Å². The molecule has 7 heteroatoms. The van der Waals surface area contributed by atoms with Gasteiger partial charge in [0, 0.05) is 13.0 Å². The third-order valence-electron chi connectivity index (χ3n) is 4.89. The third kappa shape index (κ3) is 9.34. The van der Waals surface area contributed by atoms with E-state index < -0.39 is 30.7 Å². The summed E-state index contributed by atoms with van der Waals surface area (Å²) in [6.07, 6.45) is 4.84. The SMILES string of the molecule is CCCCCCCCCCCC(=O)OC[C@H]1OC(OCC)[C@H](O)[C@@H](O)[C@@H]1O. The maximum atomic E-state index is 11.9. The van der Waals surface area contributed by atoms with Gasteiger partial charge in [-0.15, -0.1) is 0 Å². The first-order valence-corrected chi connectivity index (χ1v) is 10.5. The molecule has 5 atom stereocenters. The zero-order valence-corrected chi connectivity index (χ0v) is 16.8. The van der Waals surface area contributed by atoms with Crippen LogP contribution in [0.25, 0.3) is 0 Å². The highest BCUT2D eigenvalue weighted by atomic mass is 16.7. The summed E-state index contributed by atoms with van der Waals surface area (Å²) >= 11 is 0. The Labute approximate surface area is 163 Å². The zero-order chi connectivity index (χ0) is 20.1. The highest BCUT2D eigenvalue weighted by Crippen LogP contribution is 2.22. The maximum Gasteiger partial charge on any atom is 0.305 e. The summed E-state index contributed by atoms with van der Waals surface area (Å²) in [6.45, 7) is 4.05. The Bertz CT molecular complexity index is 391. The normalized spacial score (nSPS) is 28.3. The number of esters is 1. The first kappa shape index (κ1) is 24.3. The molecule has 0 spiro atoms. The van der Waals surface area contributed by atoms with Crippen LogP contribution in [0.1, 0.15) is 78.1 Å². The molecule has 0 amide bonds. The van der Waals surface area contributed by atoms with Gasteiger partial charge in [0.15, 0.2) is 6.29 Å². The molecular formula is C20H38O7. The summed E-state index contributed by atoms with van der Waals surface area (Å²) in [5, 5.41) is 29.7. The van der Waals surface area contributed by atoms with E-state index in [0.29, 0.717) is 6.42 Å². The van der Waals surface area contributed by atoms with Crippen molar-refractivity contribution in [3.8, 4) is 0 Å². The van der Waals surface area contributed by atoms with Crippen LogP contribution >= 0.6 is 0 Å². The topological polar surface area (TPSA) is 105 Å². The number of carbonyl (C=O) groups excluding carboxylic acids is 1. The molecule has 1 aliphatic heterocycles. The molecule has 0 aliphatic carbocycles. The van der Waals surface area contributed by atoms with Crippen LogP contribution in [0.15, 0.2) is 0 Å². The number of rotatable bonds is 14. The molecule has 7 nitrogen and oxygen atoms in total. The van der Waals surface area contributed by atoms with Crippen LogP contribution in [0.3, 0.4) is 0 Å². The van der Waals surface area contributed by atoms with E-state index in [1.165, 1.54) is 38.5 Å². The second-order valence-corrected chi connectivity index (χ2v) is 7.23. The molecule has 0 saturated carbocycles. The van der Waals surface area contributed by atoms with Gasteiger partial charge in [-0.3, -0.25) is 4.79 Å². The number of carbonyl (C=O) groups is 1. The summed E-state index contributed by atoms with van der Waals surface area (Å²) in [4.78, 5) is 11.9. The molecule has 1 unspecified atom stereocenters. The van der Waals surface area contributed by atoms with Gasteiger partial charge in [-0.05, 0) is 13.3 Å². The second-order valence-electron chi connectivity index (χ2n) is 7.23. The van der Waals surface area contributed by atoms with Gasteiger partial charge in [-0.1, -0.05) is 58.3 Å². The number of hydrogen-bond acceptors (Lipinski definition) is 7. The molecule has 0 aromatic heterocycles. The van der Waals surface area contributed by atoms with Crippen molar-refractivity contribution in [2.75, 3.05) is 13.2 Å². The van der Waals surface area contributed by atoms with E-state index in [2.05, 4.69) is 6.92 Å². The molecule has 1 saturated heterocycles. The highest BCUT2D eigenvalue weighted by molar-refractivity contribution is 5.69. The van der Waals surface area contributed by atoms with Gasteiger partial charge in [0.1, 0.15) is 31.0 Å². The van der Waals surface area contributed by atoms with E-state index in [0.717, 1.165) is 19.3 Å².